The van der Waals surface area contributed by atoms with Crippen LogP contribution in [-0.4, -0.2) is 11.0 Å². The van der Waals surface area contributed by atoms with Crippen LogP contribution >= 0.6 is 0 Å². The van der Waals surface area contributed by atoms with Gasteiger partial charge in [-0.05, 0) is 42.4 Å². The summed E-state index contributed by atoms with van der Waals surface area (Å²) in [4.78, 5) is 0. The Kier molecular flexibility index (Phi) is 6.40. The maximum Gasteiger partial charge on any atom is 0.178 e. The summed E-state index contributed by atoms with van der Waals surface area (Å²) in [6.45, 7) is 7.08. The molecule has 0 saturated heterocycles. The molecule has 0 aliphatic rings. The summed E-state index contributed by atoms with van der Waals surface area (Å²) in [5.41, 5.74) is 5.12. The van der Waals surface area contributed by atoms with E-state index in [0.29, 0.717) is 12.5 Å². The second kappa shape index (κ2) is 8.52. The summed E-state index contributed by atoms with van der Waals surface area (Å²) in [7, 11) is 0. The summed E-state index contributed by atoms with van der Waals surface area (Å²) < 4.78 is 1.04. The summed E-state index contributed by atoms with van der Waals surface area (Å²) in [5, 5.41) is 11.9. The van der Waals surface area contributed by atoms with Gasteiger partial charge in [-0.1, -0.05) is 62.4 Å². The number of hydroxylamine groups is 1. The van der Waals surface area contributed by atoms with Crippen molar-refractivity contribution in [1.29, 1.82) is 0 Å². The molecule has 0 bridgehead atoms. The molecule has 0 heterocycles. The third-order valence-corrected chi connectivity index (χ3v) is 3.98. The smallest absolute Gasteiger partial charge is 0.178 e. The SMILES string of the molecule is Cc1cc(CC(C)C)ccc1CCC=[N+]([O-])Cc1ccccc1. The lowest BCUT2D eigenvalue weighted by molar-refractivity contribution is -0.471. The molecule has 122 valence electrons. The zero-order chi connectivity index (χ0) is 16.7. The van der Waals surface area contributed by atoms with Gasteiger partial charge in [-0.15, -0.1) is 0 Å². The average molecular weight is 309 g/mol. The van der Waals surface area contributed by atoms with Crippen molar-refractivity contribution in [3.05, 3.63) is 76.0 Å². The molecule has 0 amide bonds. The second-order valence-corrected chi connectivity index (χ2v) is 6.64. The van der Waals surface area contributed by atoms with Crippen molar-refractivity contribution in [2.45, 2.75) is 46.6 Å². The van der Waals surface area contributed by atoms with Crippen molar-refractivity contribution < 1.29 is 4.74 Å². The van der Waals surface area contributed by atoms with Gasteiger partial charge in [-0.25, -0.2) is 4.74 Å². The zero-order valence-electron chi connectivity index (χ0n) is 14.5. The van der Waals surface area contributed by atoms with E-state index in [9.17, 15) is 5.21 Å². The first-order valence-electron chi connectivity index (χ1n) is 8.44. The summed E-state index contributed by atoms with van der Waals surface area (Å²) in [5.74, 6) is 0.681. The summed E-state index contributed by atoms with van der Waals surface area (Å²) >= 11 is 0. The number of hydrogen-bond acceptors (Lipinski definition) is 1. The van der Waals surface area contributed by atoms with Gasteiger partial charge in [-0.2, -0.15) is 0 Å². The van der Waals surface area contributed by atoms with E-state index in [2.05, 4.69) is 39.0 Å². The van der Waals surface area contributed by atoms with Crippen LogP contribution in [0.1, 0.15) is 42.5 Å². The Labute approximate surface area is 140 Å². The van der Waals surface area contributed by atoms with Crippen LogP contribution in [0.2, 0.25) is 0 Å². The van der Waals surface area contributed by atoms with Gasteiger partial charge in [0, 0.05) is 12.0 Å². The number of hydrogen-bond donors (Lipinski definition) is 0. The van der Waals surface area contributed by atoms with Crippen LogP contribution in [-0.2, 0) is 19.4 Å². The van der Waals surface area contributed by atoms with Gasteiger partial charge >= 0.3 is 0 Å². The Balaban J connectivity index is 1.89. The van der Waals surface area contributed by atoms with E-state index in [1.54, 1.807) is 6.21 Å². The van der Waals surface area contributed by atoms with Crippen molar-refractivity contribution in [1.82, 2.24) is 0 Å². The standard InChI is InChI=1S/C21H27NO/c1-17(2)14-20-11-12-21(18(3)15-20)10-7-13-22(23)16-19-8-5-4-6-9-19/h4-6,8-9,11-13,15,17H,7,10,14,16H2,1-3H3. The fourth-order valence-corrected chi connectivity index (χ4v) is 2.83. The first-order chi connectivity index (χ1) is 11.0. The van der Waals surface area contributed by atoms with E-state index in [0.717, 1.165) is 29.6 Å². The Hall–Kier alpha value is -2.09. The minimum Gasteiger partial charge on any atom is -0.624 e. The van der Waals surface area contributed by atoms with Gasteiger partial charge in [0.15, 0.2) is 12.8 Å². The van der Waals surface area contributed by atoms with Gasteiger partial charge in [0.25, 0.3) is 0 Å². The molecule has 2 aromatic rings. The molecular weight excluding hydrogens is 282 g/mol. The van der Waals surface area contributed by atoms with Gasteiger partial charge in [0.2, 0.25) is 0 Å². The van der Waals surface area contributed by atoms with Gasteiger partial charge in [0.05, 0.1) is 0 Å². The highest BCUT2D eigenvalue weighted by atomic mass is 16.5. The van der Waals surface area contributed by atoms with Crippen LogP contribution in [0.3, 0.4) is 0 Å². The molecule has 0 atom stereocenters. The highest BCUT2D eigenvalue weighted by Crippen LogP contribution is 2.15. The minimum atomic E-state index is 0.424. The van der Waals surface area contributed by atoms with Crippen molar-refractivity contribution >= 4 is 6.21 Å². The Morgan fingerprint density at radius 1 is 1.04 bits per heavy atom. The van der Waals surface area contributed by atoms with E-state index in [1.807, 2.05) is 30.3 Å². The summed E-state index contributed by atoms with van der Waals surface area (Å²) in [6, 6.07) is 16.6. The Morgan fingerprint density at radius 3 is 2.43 bits per heavy atom. The molecular formula is C21H27NO. The maximum absolute atomic E-state index is 11.9. The molecule has 0 unspecified atom stereocenters. The average Bonchev–Trinajstić information content (AvgIpc) is 2.50. The predicted octanol–water partition coefficient (Wildman–Crippen LogP) is 4.91. The molecule has 0 fully saturated rings. The van der Waals surface area contributed by atoms with E-state index in [-0.39, 0.29) is 0 Å². The van der Waals surface area contributed by atoms with Gasteiger partial charge < -0.3 is 5.21 Å². The van der Waals surface area contributed by atoms with Crippen molar-refractivity contribution in [2.75, 3.05) is 0 Å². The fraction of sp³-hybridized carbons (Fsp3) is 0.381. The quantitative estimate of drug-likeness (QED) is 0.309. The zero-order valence-corrected chi connectivity index (χ0v) is 14.5. The molecule has 23 heavy (non-hydrogen) atoms. The van der Waals surface area contributed by atoms with Crippen molar-refractivity contribution in [2.24, 2.45) is 5.92 Å². The highest BCUT2D eigenvalue weighted by Gasteiger charge is 2.03. The van der Waals surface area contributed by atoms with Crippen molar-refractivity contribution in [3.63, 3.8) is 0 Å². The van der Waals surface area contributed by atoms with Crippen LogP contribution in [0.15, 0.2) is 48.5 Å². The van der Waals surface area contributed by atoms with Gasteiger partial charge in [0.1, 0.15) is 0 Å². The molecule has 0 aliphatic carbocycles. The van der Waals surface area contributed by atoms with Gasteiger partial charge in [-0.3, -0.25) is 0 Å². The van der Waals surface area contributed by atoms with E-state index in [4.69, 9.17) is 0 Å². The number of rotatable bonds is 7. The van der Waals surface area contributed by atoms with E-state index < -0.39 is 0 Å². The molecule has 0 saturated carbocycles. The molecule has 0 radical (unpaired) electrons. The second-order valence-electron chi connectivity index (χ2n) is 6.64. The maximum atomic E-state index is 11.9. The molecule has 0 aromatic heterocycles. The third-order valence-electron chi connectivity index (χ3n) is 3.98. The number of nitrogens with zero attached hydrogens (tertiary/aromatic N) is 1. The highest BCUT2D eigenvalue weighted by molar-refractivity contribution is 5.52. The Bertz CT molecular complexity index is 644. The normalized spacial score (nSPS) is 11.9. The molecule has 2 aromatic carbocycles. The lowest BCUT2D eigenvalue weighted by Crippen LogP contribution is -2.06. The number of aryl methyl sites for hydroxylation is 2. The van der Waals surface area contributed by atoms with Crippen LogP contribution in [0.5, 0.6) is 0 Å². The van der Waals surface area contributed by atoms with Crippen molar-refractivity contribution in [3.8, 4) is 0 Å². The van der Waals surface area contributed by atoms with Crippen LogP contribution in [0.25, 0.3) is 0 Å². The summed E-state index contributed by atoms with van der Waals surface area (Å²) in [6.07, 6.45) is 4.58. The Morgan fingerprint density at radius 2 is 1.78 bits per heavy atom. The lowest BCUT2D eigenvalue weighted by atomic mass is 9.97. The van der Waals surface area contributed by atoms with Crippen LogP contribution < -0.4 is 0 Å². The topological polar surface area (TPSA) is 26.1 Å². The fourth-order valence-electron chi connectivity index (χ4n) is 2.83. The van der Waals surface area contributed by atoms with E-state index >= 15 is 0 Å². The molecule has 2 rings (SSSR count). The van der Waals surface area contributed by atoms with E-state index in [1.165, 1.54) is 16.7 Å². The lowest BCUT2D eigenvalue weighted by Gasteiger charge is -2.10. The third kappa shape index (κ3) is 5.90. The molecule has 0 spiro atoms. The number of benzene rings is 2. The first-order valence-corrected chi connectivity index (χ1v) is 8.44. The molecule has 0 N–H and O–H groups in total. The van der Waals surface area contributed by atoms with Crippen LogP contribution in [0.4, 0.5) is 0 Å². The molecule has 2 heteroatoms. The minimum absolute atomic E-state index is 0.424. The molecule has 2 nitrogen and oxygen atoms in total. The predicted molar refractivity (Wildman–Crippen MR) is 97.9 cm³/mol. The molecule has 0 aliphatic heterocycles. The largest absolute Gasteiger partial charge is 0.624 e. The first kappa shape index (κ1) is 17.3. The monoisotopic (exact) mass is 309 g/mol. The van der Waals surface area contributed by atoms with Crippen LogP contribution in [0, 0.1) is 18.0 Å².